The molecule has 0 radical (unpaired) electrons. The van der Waals surface area contributed by atoms with E-state index in [0.717, 1.165) is 19.1 Å². The summed E-state index contributed by atoms with van der Waals surface area (Å²) >= 11 is 3.46. The fourth-order valence-electron chi connectivity index (χ4n) is 2.10. The molecule has 2 rings (SSSR count). The van der Waals surface area contributed by atoms with Crippen LogP contribution in [0.3, 0.4) is 0 Å². The number of ketones is 1. The van der Waals surface area contributed by atoms with E-state index in [9.17, 15) is 9.59 Å². The van der Waals surface area contributed by atoms with Crippen molar-refractivity contribution in [2.45, 2.75) is 30.2 Å². The van der Waals surface area contributed by atoms with Gasteiger partial charge in [-0.25, -0.2) is 4.79 Å². The van der Waals surface area contributed by atoms with E-state index >= 15 is 0 Å². The summed E-state index contributed by atoms with van der Waals surface area (Å²) in [6.45, 7) is 0. The van der Waals surface area contributed by atoms with Crippen LogP contribution in [0.2, 0.25) is 0 Å². The number of alkyl halides is 1. The van der Waals surface area contributed by atoms with Gasteiger partial charge in [0, 0.05) is 4.83 Å². The lowest BCUT2D eigenvalue weighted by atomic mass is 9.80. The Morgan fingerprint density at radius 3 is 2.93 bits per heavy atom. The predicted molar refractivity (Wildman–Crippen MR) is 55.7 cm³/mol. The Labute approximate surface area is 95.4 Å². The summed E-state index contributed by atoms with van der Waals surface area (Å²) in [7, 11) is 0. The van der Waals surface area contributed by atoms with Crippen LogP contribution in [0.15, 0.2) is 11.8 Å². The Balaban J connectivity index is 2.21. The van der Waals surface area contributed by atoms with Gasteiger partial charge in [0.15, 0.2) is 5.78 Å². The van der Waals surface area contributed by atoms with E-state index < -0.39 is 5.97 Å². The Morgan fingerprint density at radius 2 is 2.27 bits per heavy atom. The lowest BCUT2D eigenvalue weighted by molar-refractivity contribution is -0.138. The third-order valence-electron chi connectivity index (χ3n) is 2.92. The van der Waals surface area contributed by atoms with Gasteiger partial charge in [0.2, 0.25) is 0 Å². The molecular formula is C10H11BrO4. The number of ether oxygens (including phenoxy) is 1. The van der Waals surface area contributed by atoms with Crippen LogP contribution in [0.25, 0.3) is 0 Å². The molecule has 4 nitrogen and oxygen atoms in total. The van der Waals surface area contributed by atoms with Gasteiger partial charge >= 0.3 is 5.97 Å². The average molecular weight is 275 g/mol. The number of rotatable bonds is 1. The molecule has 1 saturated carbocycles. The van der Waals surface area contributed by atoms with E-state index in [-0.39, 0.29) is 23.4 Å². The minimum atomic E-state index is -1.20. The zero-order valence-electron chi connectivity index (χ0n) is 7.98. The second kappa shape index (κ2) is 3.96. The molecule has 1 N–H and O–H groups in total. The molecule has 0 amide bonds. The highest BCUT2D eigenvalue weighted by atomic mass is 79.9. The van der Waals surface area contributed by atoms with Crippen molar-refractivity contribution in [3.05, 3.63) is 11.8 Å². The molecule has 3 unspecified atom stereocenters. The summed E-state index contributed by atoms with van der Waals surface area (Å²) in [5.41, 5.74) is -0.224. The molecule has 2 aliphatic rings. The SMILES string of the molecule is O=C(O)C1=COC2CCC(Br)CC2C1=O. The molecule has 15 heavy (non-hydrogen) atoms. The maximum Gasteiger partial charge on any atom is 0.342 e. The summed E-state index contributed by atoms with van der Waals surface area (Å²) < 4.78 is 5.29. The average Bonchev–Trinajstić information content (AvgIpc) is 2.19. The Bertz CT molecular complexity index is 336. The minimum Gasteiger partial charge on any atom is -0.496 e. The van der Waals surface area contributed by atoms with Crippen LogP contribution in [0.4, 0.5) is 0 Å². The van der Waals surface area contributed by atoms with Crippen molar-refractivity contribution in [1.82, 2.24) is 0 Å². The highest BCUT2D eigenvalue weighted by Crippen LogP contribution is 2.35. The monoisotopic (exact) mass is 274 g/mol. The van der Waals surface area contributed by atoms with E-state index in [2.05, 4.69) is 15.9 Å². The first-order valence-electron chi connectivity index (χ1n) is 4.87. The predicted octanol–water partition coefficient (Wildman–Crippen LogP) is 1.49. The van der Waals surface area contributed by atoms with E-state index in [1.165, 1.54) is 0 Å². The summed E-state index contributed by atoms with van der Waals surface area (Å²) in [4.78, 5) is 22.8. The van der Waals surface area contributed by atoms with Gasteiger partial charge in [0.25, 0.3) is 0 Å². The second-order valence-corrected chi connectivity index (χ2v) is 5.19. The molecule has 3 atom stereocenters. The molecule has 0 aromatic heterocycles. The fraction of sp³-hybridized carbons (Fsp3) is 0.600. The first-order valence-corrected chi connectivity index (χ1v) is 5.78. The Morgan fingerprint density at radius 1 is 1.53 bits per heavy atom. The molecule has 0 bridgehead atoms. The Kier molecular flexibility index (Phi) is 2.82. The van der Waals surface area contributed by atoms with Crippen molar-refractivity contribution >= 4 is 27.7 Å². The Hall–Kier alpha value is -0.840. The summed E-state index contributed by atoms with van der Waals surface area (Å²) in [5, 5.41) is 8.78. The lowest BCUT2D eigenvalue weighted by Crippen LogP contribution is -2.41. The van der Waals surface area contributed by atoms with Gasteiger partial charge in [-0.05, 0) is 19.3 Å². The number of carboxylic acid groups (broad SMARTS) is 1. The number of halogens is 1. The first kappa shape index (κ1) is 10.7. The molecular weight excluding hydrogens is 264 g/mol. The summed E-state index contributed by atoms with van der Waals surface area (Å²) in [6.07, 6.45) is 3.39. The molecule has 0 spiro atoms. The van der Waals surface area contributed by atoms with Crippen molar-refractivity contribution in [2.24, 2.45) is 5.92 Å². The summed E-state index contributed by atoms with van der Waals surface area (Å²) in [6, 6.07) is 0. The molecule has 82 valence electrons. The molecule has 1 fully saturated rings. The van der Waals surface area contributed by atoms with Gasteiger partial charge in [-0.1, -0.05) is 15.9 Å². The van der Waals surface area contributed by atoms with Crippen LogP contribution in [0.1, 0.15) is 19.3 Å². The maximum atomic E-state index is 11.8. The largest absolute Gasteiger partial charge is 0.496 e. The van der Waals surface area contributed by atoms with Crippen molar-refractivity contribution in [1.29, 1.82) is 0 Å². The van der Waals surface area contributed by atoms with Crippen LogP contribution in [-0.4, -0.2) is 27.8 Å². The third kappa shape index (κ3) is 1.93. The van der Waals surface area contributed by atoms with Crippen LogP contribution in [0.5, 0.6) is 0 Å². The topological polar surface area (TPSA) is 63.6 Å². The van der Waals surface area contributed by atoms with Gasteiger partial charge in [-0.3, -0.25) is 4.79 Å². The molecule has 5 heteroatoms. The fourth-order valence-corrected chi connectivity index (χ4v) is 2.77. The molecule has 1 aliphatic carbocycles. The van der Waals surface area contributed by atoms with Gasteiger partial charge in [0.1, 0.15) is 17.9 Å². The smallest absolute Gasteiger partial charge is 0.342 e. The number of carbonyl (C=O) groups is 2. The maximum absolute atomic E-state index is 11.8. The number of carboxylic acids is 1. The number of fused-ring (bicyclic) bond motifs is 1. The summed E-state index contributed by atoms with van der Waals surface area (Å²) in [5.74, 6) is -1.78. The van der Waals surface area contributed by atoms with Gasteiger partial charge < -0.3 is 9.84 Å². The zero-order valence-corrected chi connectivity index (χ0v) is 9.57. The molecule has 0 aromatic carbocycles. The van der Waals surface area contributed by atoms with E-state index in [0.29, 0.717) is 11.2 Å². The molecule has 1 heterocycles. The highest BCUT2D eigenvalue weighted by molar-refractivity contribution is 9.09. The lowest BCUT2D eigenvalue weighted by Gasteiger charge is -2.35. The zero-order chi connectivity index (χ0) is 11.0. The number of aliphatic carboxylic acids is 1. The van der Waals surface area contributed by atoms with Crippen molar-refractivity contribution in [2.75, 3.05) is 0 Å². The van der Waals surface area contributed by atoms with E-state index in [1.807, 2.05) is 0 Å². The number of Topliss-reactive ketones (excluding diaryl/α,β-unsaturated/α-hetero) is 1. The second-order valence-electron chi connectivity index (χ2n) is 3.89. The molecule has 0 aromatic rings. The van der Waals surface area contributed by atoms with Gasteiger partial charge in [-0.15, -0.1) is 0 Å². The minimum absolute atomic E-state index is 0.130. The quantitative estimate of drug-likeness (QED) is 0.581. The number of carbonyl (C=O) groups excluding carboxylic acids is 1. The standard InChI is InChI=1S/C10H11BrO4/c11-5-1-2-8-6(3-5)9(12)7(4-15-8)10(13)14/h4-6,8H,1-3H2,(H,13,14). The van der Waals surface area contributed by atoms with Crippen molar-refractivity contribution in [3.63, 3.8) is 0 Å². The third-order valence-corrected chi connectivity index (χ3v) is 3.75. The normalized spacial score (nSPS) is 35.1. The van der Waals surface area contributed by atoms with Crippen LogP contribution in [-0.2, 0) is 14.3 Å². The highest BCUT2D eigenvalue weighted by Gasteiger charge is 2.41. The number of hydrogen-bond acceptors (Lipinski definition) is 3. The van der Waals surface area contributed by atoms with Crippen LogP contribution in [0, 0.1) is 5.92 Å². The number of hydrogen-bond donors (Lipinski definition) is 1. The molecule has 1 aliphatic heterocycles. The van der Waals surface area contributed by atoms with Crippen LogP contribution >= 0.6 is 15.9 Å². The van der Waals surface area contributed by atoms with Gasteiger partial charge in [-0.2, -0.15) is 0 Å². The van der Waals surface area contributed by atoms with Gasteiger partial charge in [0.05, 0.1) is 5.92 Å². The first-order chi connectivity index (χ1) is 7.09. The molecule has 0 saturated heterocycles. The van der Waals surface area contributed by atoms with Crippen LogP contribution < -0.4 is 0 Å². The van der Waals surface area contributed by atoms with Crippen molar-refractivity contribution in [3.8, 4) is 0 Å². The van der Waals surface area contributed by atoms with Crippen molar-refractivity contribution < 1.29 is 19.4 Å². The van der Waals surface area contributed by atoms with E-state index in [1.54, 1.807) is 0 Å². The van der Waals surface area contributed by atoms with E-state index in [4.69, 9.17) is 9.84 Å².